The van der Waals surface area contributed by atoms with Gasteiger partial charge in [0.15, 0.2) is 6.61 Å². The van der Waals surface area contributed by atoms with Crippen molar-refractivity contribution in [3.8, 4) is 11.5 Å². The maximum absolute atomic E-state index is 12.1. The molecule has 0 aromatic heterocycles. The summed E-state index contributed by atoms with van der Waals surface area (Å²) in [7, 11) is 1.38. The Hall–Kier alpha value is -3.66. The average molecular weight is 435 g/mol. The first-order valence-corrected chi connectivity index (χ1v) is 8.99. The van der Waals surface area contributed by atoms with Crippen molar-refractivity contribution in [3.63, 3.8) is 0 Å². The summed E-state index contributed by atoms with van der Waals surface area (Å²) in [5, 5.41) is 18.0. The minimum absolute atomic E-state index is 0.0269. The Morgan fingerprint density at radius 2 is 1.80 bits per heavy atom. The molecule has 11 heteroatoms. The largest absolute Gasteiger partial charge is 0.496 e. The molecular weight excluding hydrogens is 416 g/mol. The lowest BCUT2D eigenvalue weighted by Gasteiger charge is -2.08. The van der Waals surface area contributed by atoms with Crippen molar-refractivity contribution in [2.24, 2.45) is 5.10 Å². The van der Waals surface area contributed by atoms with Crippen molar-refractivity contribution in [2.45, 2.75) is 13.3 Å². The minimum Gasteiger partial charge on any atom is -0.496 e. The van der Waals surface area contributed by atoms with Crippen LogP contribution in [0.25, 0.3) is 0 Å². The molecule has 0 atom stereocenters. The van der Waals surface area contributed by atoms with E-state index in [2.05, 4.69) is 15.8 Å². The Labute approximate surface area is 177 Å². The molecule has 0 radical (unpaired) electrons. The highest BCUT2D eigenvalue weighted by atomic mass is 35.5. The molecule has 0 aliphatic carbocycles. The van der Waals surface area contributed by atoms with Gasteiger partial charge in [-0.15, -0.1) is 0 Å². The van der Waals surface area contributed by atoms with Gasteiger partial charge in [-0.1, -0.05) is 11.6 Å². The smallest absolute Gasteiger partial charge is 0.296 e. The predicted octanol–water partition coefficient (Wildman–Crippen LogP) is 3.16. The number of benzene rings is 2. The molecular formula is C19H19ClN4O6. The molecule has 158 valence electrons. The number of hydrogen-bond donors (Lipinski definition) is 2. The van der Waals surface area contributed by atoms with Crippen LogP contribution >= 0.6 is 11.6 Å². The normalized spacial score (nSPS) is 10.8. The van der Waals surface area contributed by atoms with E-state index >= 15 is 0 Å². The van der Waals surface area contributed by atoms with Crippen LogP contribution in [0.15, 0.2) is 47.6 Å². The summed E-state index contributed by atoms with van der Waals surface area (Å²) in [6.07, 6.45) is -0.179. The minimum atomic E-state index is -0.625. The van der Waals surface area contributed by atoms with Crippen LogP contribution < -0.4 is 20.2 Å². The molecule has 30 heavy (non-hydrogen) atoms. The molecule has 2 aromatic rings. The highest BCUT2D eigenvalue weighted by molar-refractivity contribution is 6.30. The van der Waals surface area contributed by atoms with Crippen LogP contribution in [0.2, 0.25) is 5.02 Å². The molecule has 2 aromatic carbocycles. The number of nitrogens with zero attached hydrogens (tertiary/aromatic N) is 2. The molecule has 2 N–H and O–H groups in total. The van der Waals surface area contributed by atoms with Gasteiger partial charge in [0.1, 0.15) is 17.2 Å². The molecule has 2 amide bonds. The van der Waals surface area contributed by atoms with Crippen LogP contribution in [-0.2, 0) is 9.59 Å². The van der Waals surface area contributed by atoms with Gasteiger partial charge >= 0.3 is 0 Å². The van der Waals surface area contributed by atoms with Gasteiger partial charge in [0.25, 0.3) is 11.6 Å². The van der Waals surface area contributed by atoms with Crippen LogP contribution in [0.3, 0.4) is 0 Å². The van der Waals surface area contributed by atoms with Crippen LogP contribution in [0, 0.1) is 10.1 Å². The second-order valence-corrected chi connectivity index (χ2v) is 6.43. The molecule has 0 bridgehead atoms. The number of amides is 2. The van der Waals surface area contributed by atoms with Gasteiger partial charge in [-0.2, -0.15) is 5.10 Å². The van der Waals surface area contributed by atoms with E-state index in [9.17, 15) is 19.7 Å². The third-order valence-corrected chi connectivity index (χ3v) is 3.90. The van der Waals surface area contributed by atoms with Gasteiger partial charge in [0.05, 0.1) is 24.5 Å². The zero-order chi connectivity index (χ0) is 22.1. The zero-order valence-corrected chi connectivity index (χ0v) is 16.9. The second-order valence-electron chi connectivity index (χ2n) is 5.99. The first kappa shape index (κ1) is 22.6. The highest BCUT2D eigenvalue weighted by Gasteiger charge is 2.17. The van der Waals surface area contributed by atoms with E-state index in [4.69, 9.17) is 21.1 Å². The first-order valence-electron chi connectivity index (χ1n) is 8.61. The van der Waals surface area contributed by atoms with E-state index < -0.39 is 16.7 Å². The second kappa shape index (κ2) is 10.8. The summed E-state index contributed by atoms with van der Waals surface area (Å²) in [6, 6.07) is 10.6. The summed E-state index contributed by atoms with van der Waals surface area (Å²) in [4.78, 5) is 34.5. The van der Waals surface area contributed by atoms with E-state index in [1.807, 2.05) is 0 Å². The van der Waals surface area contributed by atoms with Crippen LogP contribution in [0.1, 0.15) is 13.3 Å². The third-order valence-electron chi connectivity index (χ3n) is 3.65. The van der Waals surface area contributed by atoms with Crippen molar-refractivity contribution in [1.82, 2.24) is 5.43 Å². The number of anilines is 1. The SMILES string of the molecule is COc1ccc(NC(=O)C/C(C)=N/NC(=O)COc2ccc(Cl)cc2)c([N+](=O)[O-])c1. The van der Waals surface area contributed by atoms with Gasteiger partial charge in [0.2, 0.25) is 5.91 Å². The van der Waals surface area contributed by atoms with Crippen molar-refractivity contribution in [1.29, 1.82) is 0 Å². The summed E-state index contributed by atoms with van der Waals surface area (Å²) in [6.45, 7) is 1.25. The fourth-order valence-electron chi connectivity index (χ4n) is 2.23. The Bertz CT molecular complexity index is 962. The molecule has 0 saturated carbocycles. The van der Waals surface area contributed by atoms with Crippen molar-refractivity contribution < 1.29 is 24.0 Å². The number of nitro benzene ring substituents is 1. The van der Waals surface area contributed by atoms with Crippen LogP contribution in [-0.4, -0.2) is 36.2 Å². The van der Waals surface area contributed by atoms with Gasteiger partial charge < -0.3 is 14.8 Å². The summed E-state index contributed by atoms with van der Waals surface area (Å²) in [5.74, 6) is -0.289. The average Bonchev–Trinajstić information content (AvgIpc) is 2.71. The fourth-order valence-corrected chi connectivity index (χ4v) is 2.36. The lowest BCUT2D eigenvalue weighted by molar-refractivity contribution is -0.384. The maximum atomic E-state index is 12.1. The number of halogens is 1. The molecule has 2 rings (SSSR count). The molecule has 0 heterocycles. The van der Waals surface area contributed by atoms with Gasteiger partial charge in [-0.05, 0) is 43.3 Å². The third kappa shape index (κ3) is 7.06. The number of hydrazone groups is 1. The van der Waals surface area contributed by atoms with Crippen molar-refractivity contribution in [2.75, 3.05) is 19.0 Å². The zero-order valence-electron chi connectivity index (χ0n) is 16.2. The maximum Gasteiger partial charge on any atom is 0.296 e. The van der Waals surface area contributed by atoms with Gasteiger partial charge in [-0.25, -0.2) is 5.43 Å². The molecule has 0 saturated heterocycles. The monoisotopic (exact) mass is 434 g/mol. The lowest BCUT2D eigenvalue weighted by Crippen LogP contribution is -2.26. The van der Waals surface area contributed by atoms with Crippen LogP contribution in [0.5, 0.6) is 11.5 Å². The molecule has 0 fully saturated rings. The number of hydrogen-bond acceptors (Lipinski definition) is 7. The Kier molecular flexibility index (Phi) is 8.12. The molecule has 10 nitrogen and oxygen atoms in total. The first-order chi connectivity index (χ1) is 14.3. The van der Waals surface area contributed by atoms with E-state index in [0.717, 1.165) is 0 Å². The fraction of sp³-hybridized carbons (Fsp3) is 0.211. The van der Waals surface area contributed by atoms with Crippen molar-refractivity contribution in [3.05, 3.63) is 57.6 Å². The van der Waals surface area contributed by atoms with E-state index in [0.29, 0.717) is 22.2 Å². The molecule has 0 aliphatic rings. The highest BCUT2D eigenvalue weighted by Crippen LogP contribution is 2.29. The number of nitro groups is 1. The Morgan fingerprint density at radius 3 is 2.43 bits per heavy atom. The van der Waals surface area contributed by atoms with E-state index in [1.54, 1.807) is 24.3 Å². The molecule has 0 spiro atoms. The summed E-state index contributed by atoms with van der Waals surface area (Å²) in [5.41, 5.74) is 2.29. The number of nitrogens with one attached hydrogen (secondary N) is 2. The number of carbonyl (C=O) groups is 2. The van der Waals surface area contributed by atoms with E-state index in [1.165, 1.54) is 32.2 Å². The van der Waals surface area contributed by atoms with E-state index in [-0.39, 0.29) is 24.4 Å². The Morgan fingerprint density at radius 1 is 1.13 bits per heavy atom. The van der Waals surface area contributed by atoms with Crippen molar-refractivity contribution >= 4 is 40.5 Å². The summed E-state index contributed by atoms with van der Waals surface area (Å²) < 4.78 is 10.2. The topological polar surface area (TPSA) is 132 Å². The van der Waals surface area contributed by atoms with Gasteiger partial charge in [0, 0.05) is 10.7 Å². The Balaban J connectivity index is 1.86. The summed E-state index contributed by atoms with van der Waals surface area (Å²) >= 11 is 5.77. The number of ether oxygens (including phenoxy) is 2. The molecule has 0 unspecified atom stereocenters. The quantitative estimate of drug-likeness (QED) is 0.354. The number of methoxy groups -OCH3 is 1. The van der Waals surface area contributed by atoms with Crippen LogP contribution in [0.4, 0.5) is 11.4 Å². The number of carbonyl (C=O) groups excluding carboxylic acids is 2. The number of rotatable bonds is 9. The standard InChI is InChI=1S/C19H19ClN4O6/c1-12(22-23-19(26)11-30-14-5-3-13(20)4-6-14)9-18(25)21-16-8-7-15(29-2)10-17(16)24(27)28/h3-8,10H,9,11H2,1-2H3,(H,21,25)(H,23,26)/b22-12+. The molecule has 0 aliphatic heterocycles. The van der Waals surface area contributed by atoms with Gasteiger partial charge in [-0.3, -0.25) is 19.7 Å². The predicted molar refractivity (Wildman–Crippen MR) is 111 cm³/mol. The lowest BCUT2D eigenvalue weighted by atomic mass is 10.2.